The zero-order valence-electron chi connectivity index (χ0n) is 13.2. The fourth-order valence-electron chi connectivity index (χ4n) is 2.64. The first-order chi connectivity index (χ1) is 10.6. The summed E-state index contributed by atoms with van der Waals surface area (Å²) < 4.78 is 19.3. The van der Waals surface area contributed by atoms with Crippen LogP contribution in [0.1, 0.15) is 32.3 Å². The minimum atomic E-state index is -1.08. The van der Waals surface area contributed by atoms with Crippen LogP contribution in [-0.2, 0) is 9.53 Å². The molecule has 1 N–H and O–H groups in total. The number of hydrogen-bond donors (Lipinski definition) is 1. The maximum atomic E-state index is 14.1. The molecule has 2 rings (SSSR count). The number of amides is 1. The topological polar surface area (TPSA) is 66.8 Å². The number of benzene rings is 1. The van der Waals surface area contributed by atoms with Crippen molar-refractivity contribution in [2.45, 2.75) is 32.3 Å². The van der Waals surface area contributed by atoms with Crippen molar-refractivity contribution in [1.82, 2.24) is 4.90 Å². The molecule has 1 fully saturated rings. The van der Waals surface area contributed by atoms with Crippen LogP contribution in [0.2, 0.25) is 5.02 Å². The smallest absolute Gasteiger partial charge is 0.410 e. The Morgan fingerprint density at radius 2 is 2.00 bits per heavy atom. The molecular weight excluding hydrogens is 325 g/mol. The highest BCUT2D eigenvalue weighted by atomic mass is 35.5. The van der Waals surface area contributed by atoms with Gasteiger partial charge in [-0.2, -0.15) is 0 Å². The Bertz CT molecular complexity index is 629. The highest BCUT2D eigenvalue weighted by Crippen LogP contribution is 2.36. The first kappa shape index (κ1) is 17.5. The second-order valence-corrected chi connectivity index (χ2v) is 7.04. The van der Waals surface area contributed by atoms with E-state index in [0.29, 0.717) is 5.02 Å². The highest BCUT2D eigenvalue weighted by Gasteiger charge is 2.42. The molecule has 23 heavy (non-hydrogen) atoms. The number of carboxylic acids is 1. The summed E-state index contributed by atoms with van der Waals surface area (Å²) in [6.07, 6.45) is -0.603. The van der Waals surface area contributed by atoms with Gasteiger partial charge in [0.1, 0.15) is 11.4 Å². The molecule has 126 valence electrons. The van der Waals surface area contributed by atoms with E-state index in [1.54, 1.807) is 20.8 Å². The minimum absolute atomic E-state index is 0.0269. The van der Waals surface area contributed by atoms with Crippen molar-refractivity contribution in [2.24, 2.45) is 5.92 Å². The molecule has 1 amide bonds. The van der Waals surface area contributed by atoms with Gasteiger partial charge in [0.2, 0.25) is 0 Å². The lowest BCUT2D eigenvalue weighted by molar-refractivity contribution is -0.141. The summed E-state index contributed by atoms with van der Waals surface area (Å²) in [5, 5.41) is 9.72. The minimum Gasteiger partial charge on any atom is -0.481 e. The maximum Gasteiger partial charge on any atom is 0.410 e. The summed E-state index contributed by atoms with van der Waals surface area (Å²) in [5.74, 6) is -3.19. The monoisotopic (exact) mass is 343 g/mol. The molecule has 0 bridgehead atoms. The summed E-state index contributed by atoms with van der Waals surface area (Å²) in [4.78, 5) is 25.0. The Balaban J connectivity index is 2.27. The number of nitrogens with zero attached hydrogens (tertiary/aromatic N) is 1. The number of ether oxygens (including phenoxy) is 1. The van der Waals surface area contributed by atoms with Crippen LogP contribution in [0.3, 0.4) is 0 Å². The molecule has 0 spiro atoms. The SMILES string of the molecule is CC(C)(C)OC(=O)N1C[C@H](C(=O)O)[C@@H](c2cc(Cl)ccc2F)C1. The van der Waals surface area contributed by atoms with Crippen LogP contribution in [0.4, 0.5) is 9.18 Å². The van der Waals surface area contributed by atoms with Gasteiger partial charge in [0.25, 0.3) is 0 Å². The lowest BCUT2D eigenvalue weighted by atomic mass is 9.89. The van der Waals surface area contributed by atoms with E-state index in [1.165, 1.54) is 23.1 Å². The average molecular weight is 344 g/mol. The molecule has 1 aliphatic heterocycles. The molecule has 1 heterocycles. The fraction of sp³-hybridized carbons (Fsp3) is 0.500. The van der Waals surface area contributed by atoms with Crippen LogP contribution in [0, 0.1) is 11.7 Å². The molecule has 1 aromatic carbocycles. The zero-order chi connectivity index (χ0) is 17.4. The van der Waals surface area contributed by atoms with Crippen molar-refractivity contribution in [3.8, 4) is 0 Å². The third-order valence-corrected chi connectivity index (χ3v) is 3.88. The van der Waals surface area contributed by atoms with Crippen molar-refractivity contribution in [3.63, 3.8) is 0 Å². The van der Waals surface area contributed by atoms with Crippen molar-refractivity contribution in [2.75, 3.05) is 13.1 Å². The largest absolute Gasteiger partial charge is 0.481 e. The molecule has 0 aromatic heterocycles. The molecule has 1 aromatic rings. The fourth-order valence-corrected chi connectivity index (χ4v) is 2.82. The van der Waals surface area contributed by atoms with Gasteiger partial charge in [0, 0.05) is 24.0 Å². The maximum absolute atomic E-state index is 14.1. The number of carbonyl (C=O) groups is 2. The van der Waals surface area contributed by atoms with E-state index < -0.39 is 35.3 Å². The summed E-state index contributed by atoms with van der Waals surface area (Å²) in [7, 11) is 0. The molecule has 7 heteroatoms. The molecule has 0 aliphatic carbocycles. The second-order valence-electron chi connectivity index (χ2n) is 6.60. The quantitative estimate of drug-likeness (QED) is 0.892. The molecule has 1 saturated heterocycles. The number of carbonyl (C=O) groups excluding carboxylic acids is 1. The Hall–Kier alpha value is -1.82. The Kier molecular flexibility index (Phi) is 4.84. The van der Waals surface area contributed by atoms with Crippen molar-refractivity contribution in [1.29, 1.82) is 0 Å². The van der Waals surface area contributed by atoms with E-state index in [0.717, 1.165) is 0 Å². The first-order valence-electron chi connectivity index (χ1n) is 7.24. The Labute approximate surface area is 139 Å². The normalized spacial score (nSPS) is 21.3. The predicted molar refractivity (Wildman–Crippen MR) is 83.1 cm³/mol. The van der Waals surface area contributed by atoms with Crippen molar-refractivity contribution >= 4 is 23.7 Å². The van der Waals surface area contributed by atoms with Gasteiger partial charge in [-0.05, 0) is 44.5 Å². The highest BCUT2D eigenvalue weighted by molar-refractivity contribution is 6.30. The molecule has 0 radical (unpaired) electrons. The number of halogens is 2. The van der Waals surface area contributed by atoms with Gasteiger partial charge in [-0.1, -0.05) is 11.6 Å². The molecule has 1 aliphatic rings. The third-order valence-electron chi connectivity index (χ3n) is 3.65. The average Bonchev–Trinajstić information content (AvgIpc) is 2.85. The summed E-state index contributed by atoms with van der Waals surface area (Å²) in [6, 6.07) is 4.01. The third kappa shape index (κ3) is 4.13. The predicted octanol–water partition coefficient (Wildman–Crippen LogP) is 3.51. The summed E-state index contributed by atoms with van der Waals surface area (Å²) >= 11 is 5.89. The van der Waals surface area contributed by atoms with Crippen LogP contribution in [0.15, 0.2) is 18.2 Å². The summed E-state index contributed by atoms with van der Waals surface area (Å²) in [6.45, 7) is 5.22. The Morgan fingerprint density at radius 3 is 2.57 bits per heavy atom. The second kappa shape index (κ2) is 6.35. The van der Waals surface area contributed by atoms with Gasteiger partial charge in [0.05, 0.1) is 5.92 Å². The van der Waals surface area contributed by atoms with Gasteiger partial charge >= 0.3 is 12.1 Å². The van der Waals surface area contributed by atoms with Crippen LogP contribution < -0.4 is 0 Å². The molecular formula is C16H19ClFNO4. The van der Waals surface area contributed by atoms with Gasteiger partial charge in [-0.25, -0.2) is 9.18 Å². The van der Waals surface area contributed by atoms with Crippen molar-refractivity contribution in [3.05, 3.63) is 34.6 Å². The van der Waals surface area contributed by atoms with Crippen LogP contribution in [0.25, 0.3) is 0 Å². The van der Waals surface area contributed by atoms with Crippen LogP contribution in [-0.4, -0.2) is 40.8 Å². The summed E-state index contributed by atoms with van der Waals surface area (Å²) in [5.41, 5.74) is -0.481. The number of likely N-dealkylation sites (tertiary alicyclic amines) is 1. The van der Waals surface area contributed by atoms with Gasteiger partial charge in [-0.3, -0.25) is 4.79 Å². The number of hydrogen-bond acceptors (Lipinski definition) is 3. The zero-order valence-corrected chi connectivity index (χ0v) is 13.9. The number of rotatable bonds is 2. The number of aliphatic carboxylic acids is 1. The first-order valence-corrected chi connectivity index (χ1v) is 7.62. The number of carboxylic acid groups (broad SMARTS) is 1. The van der Waals surface area contributed by atoms with Crippen LogP contribution in [0.5, 0.6) is 0 Å². The van der Waals surface area contributed by atoms with Gasteiger partial charge < -0.3 is 14.7 Å². The van der Waals surface area contributed by atoms with E-state index in [-0.39, 0.29) is 18.7 Å². The van der Waals surface area contributed by atoms with E-state index in [1.807, 2.05) is 0 Å². The van der Waals surface area contributed by atoms with Gasteiger partial charge in [0.15, 0.2) is 0 Å². The van der Waals surface area contributed by atoms with E-state index in [9.17, 15) is 19.1 Å². The van der Waals surface area contributed by atoms with E-state index in [2.05, 4.69) is 0 Å². The molecule has 2 atom stereocenters. The van der Waals surface area contributed by atoms with Crippen molar-refractivity contribution < 1.29 is 23.8 Å². The van der Waals surface area contributed by atoms with Gasteiger partial charge in [-0.15, -0.1) is 0 Å². The van der Waals surface area contributed by atoms with Crippen LogP contribution >= 0.6 is 11.6 Å². The molecule has 0 saturated carbocycles. The lowest BCUT2D eigenvalue weighted by Crippen LogP contribution is -2.35. The molecule has 0 unspecified atom stereocenters. The lowest BCUT2D eigenvalue weighted by Gasteiger charge is -2.24. The molecule has 5 nitrogen and oxygen atoms in total. The Morgan fingerprint density at radius 1 is 1.35 bits per heavy atom. The van der Waals surface area contributed by atoms with E-state index >= 15 is 0 Å². The standard InChI is InChI=1S/C16H19ClFNO4/c1-16(2,3)23-15(22)19-7-11(12(8-19)14(20)21)10-6-9(17)4-5-13(10)18/h4-6,11-12H,7-8H2,1-3H3,(H,20,21)/t11-,12+/m1/s1. The van der Waals surface area contributed by atoms with E-state index in [4.69, 9.17) is 16.3 Å².